The molecule has 0 saturated heterocycles. The average Bonchev–Trinajstić information content (AvgIpc) is 2.90. The number of urea groups is 1. The van der Waals surface area contributed by atoms with E-state index in [2.05, 4.69) is 36.5 Å². The van der Waals surface area contributed by atoms with Gasteiger partial charge in [0, 0.05) is 40.4 Å². The minimum Gasteiger partial charge on any atom is -0.351 e. The van der Waals surface area contributed by atoms with Crippen LogP contribution in [0.15, 0.2) is 89.5 Å². The summed E-state index contributed by atoms with van der Waals surface area (Å²) in [6.07, 6.45) is 5.56. The second-order valence-electron chi connectivity index (χ2n) is 8.89. The Bertz CT molecular complexity index is 1270. The number of benzene rings is 3. The molecule has 1 aliphatic carbocycles. The molecule has 1 aromatic heterocycles. The summed E-state index contributed by atoms with van der Waals surface area (Å²) in [5.41, 5.74) is 2.93. The number of carbonyl (C=O) groups is 1. The van der Waals surface area contributed by atoms with E-state index in [1.807, 2.05) is 90.0 Å². The molecule has 0 radical (unpaired) electrons. The van der Waals surface area contributed by atoms with Crippen LogP contribution in [0.5, 0.6) is 0 Å². The number of hydrogen-bond donors (Lipinski definition) is 2. The zero-order chi connectivity index (χ0) is 24.0. The van der Waals surface area contributed by atoms with Crippen LogP contribution in [-0.4, -0.2) is 28.1 Å². The standard InChI is InChI=1S/C28H28BrN5O/c29-22-10-14-24(15-11-22)34(28(35)31-18-20-6-2-1-3-7-20)25-16-12-23(13-17-25)32-27-30-19-21-8-4-5-9-26(21)33-27/h1-11,14-15,19,23,25H,12-13,16-18H2,(H,31,35)(H,30,32,33). The van der Waals surface area contributed by atoms with Gasteiger partial charge in [0.15, 0.2) is 0 Å². The molecule has 178 valence electrons. The van der Waals surface area contributed by atoms with Crippen molar-refractivity contribution < 1.29 is 4.79 Å². The highest BCUT2D eigenvalue weighted by atomic mass is 79.9. The highest BCUT2D eigenvalue weighted by Crippen LogP contribution is 2.30. The molecule has 0 unspecified atom stereocenters. The quantitative estimate of drug-likeness (QED) is 0.297. The number of amides is 2. The van der Waals surface area contributed by atoms with Crippen LogP contribution in [-0.2, 0) is 6.54 Å². The number of nitrogens with one attached hydrogen (secondary N) is 2. The first kappa shape index (κ1) is 23.3. The van der Waals surface area contributed by atoms with Crippen LogP contribution in [0.4, 0.5) is 16.4 Å². The van der Waals surface area contributed by atoms with Crippen LogP contribution in [0, 0.1) is 0 Å². The summed E-state index contributed by atoms with van der Waals surface area (Å²) < 4.78 is 0.995. The maximum atomic E-state index is 13.4. The van der Waals surface area contributed by atoms with E-state index < -0.39 is 0 Å². The molecule has 1 saturated carbocycles. The molecule has 3 aromatic carbocycles. The summed E-state index contributed by atoms with van der Waals surface area (Å²) in [7, 11) is 0. The van der Waals surface area contributed by atoms with Gasteiger partial charge in [0.2, 0.25) is 5.95 Å². The molecule has 2 N–H and O–H groups in total. The smallest absolute Gasteiger partial charge is 0.322 e. The predicted octanol–water partition coefficient (Wildman–Crippen LogP) is 6.53. The Balaban J connectivity index is 1.25. The van der Waals surface area contributed by atoms with Gasteiger partial charge < -0.3 is 10.6 Å². The van der Waals surface area contributed by atoms with Crippen LogP contribution >= 0.6 is 15.9 Å². The fourth-order valence-corrected chi connectivity index (χ4v) is 4.92. The van der Waals surface area contributed by atoms with E-state index in [4.69, 9.17) is 0 Å². The van der Waals surface area contributed by atoms with Gasteiger partial charge in [-0.25, -0.2) is 14.8 Å². The number of fused-ring (bicyclic) bond motifs is 1. The van der Waals surface area contributed by atoms with Crippen molar-refractivity contribution in [1.29, 1.82) is 0 Å². The van der Waals surface area contributed by atoms with Crippen LogP contribution in [0.2, 0.25) is 0 Å². The van der Waals surface area contributed by atoms with E-state index in [1.165, 1.54) is 0 Å². The van der Waals surface area contributed by atoms with Gasteiger partial charge >= 0.3 is 6.03 Å². The zero-order valence-corrected chi connectivity index (χ0v) is 21.0. The Morgan fingerprint density at radius 3 is 2.40 bits per heavy atom. The minimum atomic E-state index is -0.0644. The summed E-state index contributed by atoms with van der Waals surface area (Å²) in [6.45, 7) is 0.503. The first-order chi connectivity index (χ1) is 17.2. The number of hydrogen-bond acceptors (Lipinski definition) is 4. The second-order valence-corrected chi connectivity index (χ2v) is 9.81. The molecular formula is C28H28BrN5O. The Morgan fingerprint density at radius 2 is 1.63 bits per heavy atom. The number of para-hydroxylation sites is 1. The summed E-state index contributed by atoms with van der Waals surface area (Å²) >= 11 is 3.50. The fourth-order valence-electron chi connectivity index (χ4n) is 4.66. The number of halogens is 1. The molecule has 6 nitrogen and oxygen atoms in total. The lowest BCUT2D eigenvalue weighted by Gasteiger charge is -2.37. The van der Waals surface area contributed by atoms with Crippen molar-refractivity contribution in [3.8, 4) is 0 Å². The van der Waals surface area contributed by atoms with Crippen LogP contribution in [0.25, 0.3) is 10.9 Å². The zero-order valence-electron chi connectivity index (χ0n) is 19.4. The molecule has 0 aliphatic heterocycles. The highest BCUT2D eigenvalue weighted by Gasteiger charge is 2.30. The Labute approximate surface area is 213 Å². The van der Waals surface area contributed by atoms with Crippen molar-refractivity contribution in [2.45, 2.75) is 44.3 Å². The molecule has 1 heterocycles. The van der Waals surface area contributed by atoms with Gasteiger partial charge in [-0.1, -0.05) is 64.5 Å². The van der Waals surface area contributed by atoms with E-state index in [1.54, 1.807) is 0 Å². The van der Waals surface area contributed by atoms with Crippen molar-refractivity contribution in [2.24, 2.45) is 0 Å². The third-order valence-electron chi connectivity index (χ3n) is 6.49. The molecule has 5 rings (SSSR count). The molecule has 0 spiro atoms. The maximum Gasteiger partial charge on any atom is 0.322 e. The lowest BCUT2D eigenvalue weighted by atomic mass is 9.90. The Kier molecular flexibility index (Phi) is 7.23. The summed E-state index contributed by atoms with van der Waals surface area (Å²) in [4.78, 5) is 24.4. The summed E-state index contributed by atoms with van der Waals surface area (Å²) in [5, 5.41) is 7.66. The van der Waals surface area contributed by atoms with E-state index in [-0.39, 0.29) is 18.1 Å². The SMILES string of the molecule is O=C(NCc1ccccc1)N(c1ccc(Br)cc1)C1CCC(Nc2ncc3ccccc3n2)CC1. The van der Waals surface area contributed by atoms with Gasteiger partial charge in [0.05, 0.1) is 5.52 Å². The molecular weight excluding hydrogens is 502 g/mol. The summed E-state index contributed by atoms with van der Waals surface area (Å²) in [5.74, 6) is 0.664. The average molecular weight is 530 g/mol. The Hall–Kier alpha value is -3.45. The topological polar surface area (TPSA) is 70.2 Å². The number of nitrogens with zero attached hydrogens (tertiary/aromatic N) is 3. The number of carbonyl (C=O) groups excluding carboxylic acids is 1. The second kappa shape index (κ2) is 10.9. The van der Waals surface area contributed by atoms with E-state index >= 15 is 0 Å². The lowest BCUT2D eigenvalue weighted by molar-refractivity contribution is 0.240. The molecule has 35 heavy (non-hydrogen) atoms. The maximum absolute atomic E-state index is 13.4. The van der Waals surface area contributed by atoms with Crippen LogP contribution in [0.3, 0.4) is 0 Å². The van der Waals surface area contributed by atoms with E-state index in [0.29, 0.717) is 12.5 Å². The minimum absolute atomic E-state index is 0.0644. The van der Waals surface area contributed by atoms with Crippen LogP contribution < -0.4 is 15.5 Å². The lowest BCUT2D eigenvalue weighted by Crippen LogP contribution is -2.48. The molecule has 1 aliphatic rings. The van der Waals surface area contributed by atoms with Gasteiger partial charge in [-0.2, -0.15) is 0 Å². The van der Waals surface area contributed by atoms with Gasteiger partial charge in [-0.15, -0.1) is 0 Å². The van der Waals surface area contributed by atoms with Gasteiger partial charge in [0.25, 0.3) is 0 Å². The molecule has 4 aromatic rings. The third-order valence-corrected chi connectivity index (χ3v) is 7.02. The number of anilines is 2. The monoisotopic (exact) mass is 529 g/mol. The Morgan fingerprint density at radius 1 is 0.914 bits per heavy atom. The largest absolute Gasteiger partial charge is 0.351 e. The van der Waals surface area contributed by atoms with E-state index in [9.17, 15) is 4.79 Å². The van der Waals surface area contributed by atoms with Crippen molar-refractivity contribution in [3.05, 3.63) is 95.1 Å². The van der Waals surface area contributed by atoms with Crippen molar-refractivity contribution in [1.82, 2.24) is 15.3 Å². The molecule has 7 heteroatoms. The first-order valence-electron chi connectivity index (χ1n) is 12.0. The predicted molar refractivity (Wildman–Crippen MR) is 145 cm³/mol. The fraction of sp³-hybridized carbons (Fsp3) is 0.250. The van der Waals surface area contributed by atoms with Crippen molar-refractivity contribution in [2.75, 3.05) is 10.2 Å². The number of aromatic nitrogens is 2. The van der Waals surface area contributed by atoms with Gasteiger partial charge in [0.1, 0.15) is 0 Å². The van der Waals surface area contributed by atoms with E-state index in [0.717, 1.165) is 52.3 Å². The van der Waals surface area contributed by atoms with Crippen molar-refractivity contribution >= 4 is 44.5 Å². The van der Waals surface area contributed by atoms with Crippen molar-refractivity contribution in [3.63, 3.8) is 0 Å². The van der Waals surface area contributed by atoms with Gasteiger partial charge in [-0.05, 0) is 61.6 Å². The highest BCUT2D eigenvalue weighted by molar-refractivity contribution is 9.10. The summed E-state index contributed by atoms with van der Waals surface area (Å²) in [6, 6.07) is 26.3. The van der Waals surface area contributed by atoms with Gasteiger partial charge in [-0.3, -0.25) is 4.90 Å². The molecule has 0 bridgehead atoms. The number of rotatable bonds is 6. The molecule has 0 atom stereocenters. The molecule has 1 fully saturated rings. The first-order valence-corrected chi connectivity index (χ1v) is 12.8. The third kappa shape index (κ3) is 5.80. The normalized spacial score (nSPS) is 17.6. The molecule has 2 amide bonds. The van der Waals surface area contributed by atoms with Crippen LogP contribution in [0.1, 0.15) is 31.2 Å².